The number of hydrogen-bond donors (Lipinski definition) is 1. The van der Waals surface area contributed by atoms with Crippen LogP contribution in [0.15, 0.2) is 24.3 Å². The molecule has 1 aromatic carbocycles. The highest BCUT2D eigenvalue weighted by atomic mass is 16.2. The normalized spacial score (nSPS) is 22.6. The second kappa shape index (κ2) is 5.27. The van der Waals surface area contributed by atoms with Gasteiger partial charge in [0.2, 0.25) is 0 Å². The van der Waals surface area contributed by atoms with E-state index in [1.165, 1.54) is 4.90 Å². The third kappa shape index (κ3) is 2.84. The molecule has 0 radical (unpaired) electrons. The van der Waals surface area contributed by atoms with Crippen molar-refractivity contribution in [2.45, 2.75) is 46.2 Å². The van der Waals surface area contributed by atoms with Gasteiger partial charge >= 0.3 is 6.03 Å². The van der Waals surface area contributed by atoms with Crippen molar-refractivity contribution in [3.63, 3.8) is 0 Å². The summed E-state index contributed by atoms with van der Waals surface area (Å²) in [6.45, 7) is 8.25. The van der Waals surface area contributed by atoms with Gasteiger partial charge in [0.05, 0.1) is 6.54 Å². The van der Waals surface area contributed by atoms with E-state index in [9.17, 15) is 9.59 Å². The Labute approximate surface area is 120 Å². The second-order valence-corrected chi connectivity index (χ2v) is 6.24. The number of carbonyl (C=O) groups excluding carboxylic acids is 2. The lowest BCUT2D eigenvalue weighted by molar-refractivity contribution is -0.131. The van der Waals surface area contributed by atoms with Crippen molar-refractivity contribution in [2.24, 2.45) is 5.92 Å². The van der Waals surface area contributed by atoms with Crippen molar-refractivity contribution in [3.8, 4) is 0 Å². The number of carbonyl (C=O) groups is 2. The minimum atomic E-state index is -0.768. The van der Waals surface area contributed by atoms with Crippen LogP contribution in [0, 0.1) is 12.8 Å². The quantitative estimate of drug-likeness (QED) is 0.858. The number of benzene rings is 1. The summed E-state index contributed by atoms with van der Waals surface area (Å²) in [5, 5.41) is 2.83. The van der Waals surface area contributed by atoms with Crippen LogP contribution in [0.1, 0.15) is 38.3 Å². The van der Waals surface area contributed by atoms with E-state index < -0.39 is 5.54 Å². The first-order valence-corrected chi connectivity index (χ1v) is 7.01. The molecule has 1 aliphatic rings. The molecule has 3 amide bonds. The summed E-state index contributed by atoms with van der Waals surface area (Å²) in [5.41, 5.74) is 1.36. The van der Waals surface area contributed by atoms with Gasteiger partial charge in [-0.2, -0.15) is 0 Å². The predicted octanol–water partition coefficient (Wildman–Crippen LogP) is 2.85. The number of nitrogens with zero attached hydrogens (tertiary/aromatic N) is 1. The summed E-state index contributed by atoms with van der Waals surface area (Å²) < 4.78 is 0. The zero-order valence-corrected chi connectivity index (χ0v) is 12.6. The molecule has 1 unspecified atom stereocenters. The highest BCUT2D eigenvalue weighted by Gasteiger charge is 2.47. The summed E-state index contributed by atoms with van der Waals surface area (Å²) in [4.78, 5) is 25.8. The van der Waals surface area contributed by atoms with Crippen molar-refractivity contribution in [2.75, 3.05) is 0 Å². The van der Waals surface area contributed by atoms with Crippen LogP contribution in [0.25, 0.3) is 0 Å². The highest BCUT2D eigenvalue weighted by molar-refractivity contribution is 6.06. The molecular weight excluding hydrogens is 252 g/mol. The summed E-state index contributed by atoms with van der Waals surface area (Å²) in [7, 11) is 0. The maximum absolute atomic E-state index is 12.5. The minimum Gasteiger partial charge on any atom is -0.323 e. The number of imide groups is 1. The lowest BCUT2D eigenvalue weighted by Gasteiger charge is -2.23. The molecule has 0 spiro atoms. The van der Waals surface area contributed by atoms with Crippen molar-refractivity contribution in [1.29, 1.82) is 0 Å². The van der Waals surface area contributed by atoms with Crippen LogP contribution >= 0.6 is 0 Å². The molecule has 1 N–H and O–H groups in total. The van der Waals surface area contributed by atoms with E-state index in [1.54, 1.807) is 0 Å². The fourth-order valence-corrected chi connectivity index (χ4v) is 2.72. The summed E-state index contributed by atoms with van der Waals surface area (Å²) in [5.74, 6) is 0.223. The van der Waals surface area contributed by atoms with Crippen molar-refractivity contribution >= 4 is 11.9 Å². The maximum atomic E-state index is 12.5. The zero-order chi connectivity index (χ0) is 14.9. The zero-order valence-electron chi connectivity index (χ0n) is 12.6. The Hall–Kier alpha value is -1.84. The van der Waals surface area contributed by atoms with Crippen LogP contribution in [-0.4, -0.2) is 22.4 Å². The van der Waals surface area contributed by atoms with Crippen LogP contribution in [0.2, 0.25) is 0 Å². The fraction of sp³-hybridized carbons (Fsp3) is 0.500. The van der Waals surface area contributed by atoms with Gasteiger partial charge in [0.1, 0.15) is 5.54 Å². The summed E-state index contributed by atoms with van der Waals surface area (Å²) in [6.07, 6.45) is 0.655. The first kappa shape index (κ1) is 14.6. The molecular formula is C16H22N2O2. The number of hydrogen-bond acceptors (Lipinski definition) is 2. The smallest absolute Gasteiger partial charge is 0.323 e. The number of urea groups is 1. The largest absolute Gasteiger partial charge is 0.325 e. The molecule has 4 nitrogen and oxygen atoms in total. The molecule has 0 saturated carbocycles. The number of rotatable bonds is 4. The monoisotopic (exact) mass is 274 g/mol. The van der Waals surface area contributed by atoms with Gasteiger partial charge in [0, 0.05) is 0 Å². The molecule has 108 valence electrons. The van der Waals surface area contributed by atoms with E-state index in [-0.39, 0.29) is 11.9 Å². The average molecular weight is 274 g/mol. The van der Waals surface area contributed by atoms with E-state index in [0.29, 0.717) is 18.9 Å². The Kier molecular flexibility index (Phi) is 3.84. The molecule has 0 aromatic heterocycles. The number of nitrogens with one attached hydrogen (secondary N) is 1. The first-order chi connectivity index (χ1) is 9.32. The van der Waals surface area contributed by atoms with Crippen LogP contribution in [-0.2, 0) is 11.3 Å². The molecule has 0 aliphatic carbocycles. The topological polar surface area (TPSA) is 49.4 Å². The minimum absolute atomic E-state index is 0.128. The van der Waals surface area contributed by atoms with E-state index in [1.807, 2.05) is 52.0 Å². The van der Waals surface area contributed by atoms with Crippen LogP contribution in [0.4, 0.5) is 4.79 Å². The van der Waals surface area contributed by atoms with Gasteiger partial charge in [-0.3, -0.25) is 9.69 Å². The number of aryl methyl sites for hydroxylation is 1. The Morgan fingerprint density at radius 2 is 1.80 bits per heavy atom. The SMILES string of the molecule is Cc1ccc(CN2C(=O)NC(C)(CC(C)C)C2=O)cc1. The van der Waals surface area contributed by atoms with Crippen molar-refractivity contribution < 1.29 is 9.59 Å². The van der Waals surface area contributed by atoms with Gasteiger partial charge in [-0.1, -0.05) is 43.7 Å². The Balaban J connectivity index is 2.15. The third-order valence-corrected chi connectivity index (χ3v) is 3.62. The van der Waals surface area contributed by atoms with Crippen molar-refractivity contribution in [3.05, 3.63) is 35.4 Å². The molecule has 2 rings (SSSR count). The average Bonchev–Trinajstić information content (AvgIpc) is 2.54. The molecule has 1 atom stereocenters. The van der Waals surface area contributed by atoms with Gasteiger partial charge < -0.3 is 5.32 Å². The Bertz CT molecular complexity index is 522. The standard InChI is InChI=1S/C16H22N2O2/c1-11(2)9-16(4)14(19)18(15(20)17-16)10-13-7-5-12(3)6-8-13/h5-8,11H,9-10H2,1-4H3,(H,17,20). The predicted molar refractivity (Wildman–Crippen MR) is 78.1 cm³/mol. The highest BCUT2D eigenvalue weighted by Crippen LogP contribution is 2.26. The first-order valence-electron chi connectivity index (χ1n) is 7.01. The van der Waals surface area contributed by atoms with Crippen LogP contribution in [0.5, 0.6) is 0 Å². The lowest BCUT2D eigenvalue weighted by Crippen LogP contribution is -2.44. The molecule has 1 saturated heterocycles. The molecule has 1 heterocycles. The van der Waals surface area contributed by atoms with E-state index in [2.05, 4.69) is 5.32 Å². The van der Waals surface area contributed by atoms with Crippen LogP contribution in [0.3, 0.4) is 0 Å². The fourth-order valence-electron chi connectivity index (χ4n) is 2.72. The molecule has 1 aliphatic heterocycles. The van der Waals surface area contributed by atoms with Gasteiger partial charge in [-0.15, -0.1) is 0 Å². The Morgan fingerprint density at radius 1 is 1.20 bits per heavy atom. The van der Waals surface area contributed by atoms with E-state index in [0.717, 1.165) is 11.1 Å². The van der Waals surface area contributed by atoms with Gasteiger partial charge in [0.15, 0.2) is 0 Å². The molecule has 20 heavy (non-hydrogen) atoms. The molecule has 1 aromatic rings. The molecule has 1 fully saturated rings. The van der Waals surface area contributed by atoms with E-state index in [4.69, 9.17) is 0 Å². The van der Waals surface area contributed by atoms with Gasteiger partial charge in [-0.25, -0.2) is 4.79 Å². The third-order valence-electron chi connectivity index (χ3n) is 3.62. The van der Waals surface area contributed by atoms with Crippen molar-refractivity contribution in [1.82, 2.24) is 10.2 Å². The second-order valence-electron chi connectivity index (χ2n) is 6.24. The Morgan fingerprint density at radius 3 is 2.35 bits per heavy atom. The van der Waals surface area contributed by atoms with Gasteiger partial charge in [0.25, 0.3) is 5.91 Å². The van der Waals surface area contributed by atoms with Crippen LogP contribution < -0.4 is 5.32 Å². The number of amides is 3. The summed E-state index contributed by atoms with van der Waals surface area (Å²) >= 11 is 0. The van der Waals surface area contributed by atoms with E-state index >= 15 is 0 Å². The van der Waals surface area contributed by atoms with Gasteiger partial charge in [-0.05, 0) is 31.7 Å². The summed E-state index contributed by atoms with van der Waals surface area (Å²) in [6, 6.07) is 7.59. The lowest BCUT2D eigenvalue weighted by atomic mass is 9.91. The molecule has 0 bridgehead atoms. The molecule has 4 heteroatoms. The maximum Gasteiger partial charge on any atom is 0.325 e.